The molecule has 26 heavy (non-hydrogen) atoms. The number of urea groups is 1. The molecular formula is C19H26N6O. The monoisotopic (exact) mass is 354 g/mol. The topological polar surface area (TPSA) is 82.2 Å². The number of hydrogen-bond acceptors (Lipinski definition) is 5. The van der Waals surface area contributed by atoms with E-state index in [2.05, 4.69) is 36.9 Å². The van der Waals surface area contributed by atoms with E-state index in [1.807, 2.05) is 39.2 Å². The second-order valence-corrected chi connectivity index (χ2v) is 6.86. The lowest BCUT2D eigenvalue weighted by atomic mass is 10.1. The zero-order valence-corrected chi connectivity index (χ0v) is 15.6. The van der Waals surface area contributed by atoms with Crippen molar-refractivity contribution in [3.63, 3.8) is 0 Å². The van der Waals surface area contributed by atoms with Gasteiger partial charge >= 0.3 is 6.03 Å². The number of carbonyl (C=O) groups is 1. The van der Waals surface area contributed by atoms with Crippen LogP contribution in [0.15, 0.2) is 24.3 Å². The van der Waals surface area contributed by atoms with Gasteiger partial charge in [-0.25, -0.2) is 9.78 Å². The van der Waals surface area contributed by atoms with Crippen molar-refractivity contribution >= 4 is 23.5 Å². The summed E-state index contributed by atoms with van der Waals surface area (Å²) in [6, 6.07) is 7.60. The lowest BCUT2D eigenvalue weighted by Gasteiger charge is -2.12. The molecule has 0 fully saturated rings. The fourth-order valence-electron chi connectivity index (χ4n) is 3.04. The number of benzene rings is 1. The van der Waals surface area contributed by atoms with Gasteiger partial charge in [0, 0.05) is 30.5 Å². The first-order valence-corrected chi connectivity index (χ1v) is 8.94. The maximum atomic E-state index is 12.3. The summed E-state index contributed by atoms with van der Waals surface area (Å²) in [5.74, 6) is 0.989. The van der Waals surface area contributed by atoms with Crippen LogP contribution in [-0.4, -0.2) is 48.1 Å². The SMILES string of the molecule is Cc1cc(NCCN(C)C)nc(NC(=O)Nc2ccc3c(c2)CCC3)n1. The summed E-state index contributed by atoms with van der Waals surface area (Å²) in [6.45, 7) is 3.54. The number of anilines is 3. The predicted molar refractivity (Wildman–Crippen MR) is 105 cm³/mol. The van der Waals surface area contributed by atoms with Crippen molar-refractivity contribution in [3.05, 3.63) is 41.1 Å². The molecule has 1 aromatic heterocycles. The molecule has 2 aromatic rings. The average molecular weight is 354 g/mol. The molecule has 0 atom stereocenters. The van der Waals surface area contributed by atoms with Crippen molar-refractivity contribution in [2.45, 2.75) is 26.2 Å². The summed E-state index contributed by atoms with van der Waals surface area (Å²) in [4.78, 5) is 23.0. The Kier molecular flexibility index (Phi) is 5.68. The Morgan fingerprint density at radius 3 is 2.73 bits per heavy atom. The summed E-state index contributed by atoms with van der Waals surface area (Å²) in [5.41, 5.74) is 4.29. The molecule has 7 heteroatoms. The maximum absolute atomic E-state index is 12.3. The summed E-state index contributed by atoms with van der Waals surface area (Å²) in [5, 5.41) is 8.82. The van der Waals surface area contributed by atoms with Crippen LogP contribution in [0.3, 0.4) is 0 Å². The first-order valence-electron chi connectivity index (χ1n) is 8.94. The summed E-state index contributed by atoms with van der Waals surface area (Å²) in [6.07, 6.45) is 3.39. The van der Waals surface area contributed by atoms with E-state index in [-0.39, 0.29) is 12.0 Å². The Hall–Kier alpha value is -2.67. The second-order valence-electron chi connectivity index (χ2n) is 6.86. The van der Waals surface area contributed by atoms with Crippen LogP contribution in [0.25, 0.3) is 0 Å². The third-order valence-corrected chi connectivity index (χ3v) is 4.30. The number of rotatable bonds is 6. The maximum Gasteiger partial charge on any atom is 0.326 e. The molecule has 1 aliphatic rings. The van der Waals surface area contributed by atoms with Gasteiger partial charge in [0.25, 0.3) is 0 Å². The number of nitrogens with zero attached hydrogens (tertiary/aromatic N) is 3. The number of carbonyl (C=O) groups excluding carboxylic acids is 1. The molecule has 0 saturated heterocycles. The van der Waals surface area contributed by atoms with E-state index >= 15 is 0 Å². The molecule has 2 amide bonds. The number of hydrogen-bond donors (Lipinski definition) is 3. The van der Waals surface area contributed by atoms with Gasteiger partial charge in [-0.1, -0.05) is 6.07 Å². The minimum Gasteiger partial charge on any atom is -0.369 e. The molecule has 1 heterocycles. The third-order valence-electron chi connectivity index (χ3n) is 4.30. The minimum absolute atomic E-state index is 0.288. The van der Waals surface area contributed by atoms with Crippen molar-refractivity contribution in [2.75, 3.05) is 43.1 Å². The Morgan fingerprint density at radius 2 is 1.92 bits per heavy atom. The van der Waals surface area contributed by atoms with Crippen molar-refractivity contribution in [1.82, 2.24) is 14.9 Å². The molecule has 138 valence electrons. The molecule has 3 rings (SSSR count). The largest absolute Gasteiger partial charge is 0.369 e. The van der Waals surface area contributed by atoms with Crippen molar-refractivity contribution in [1.29, 1.82) is 0 Å². The molecule has 0 aliphatic heterocycles. The van der Waals surface area contributed by atoms with E-state index in [4.69, 9.17) is 0 Å². The molecule has 0 spiro atoms. The van der Waals surface area contributed by atoms with Gasteiger partial charge in [-0.2, -0.15) is 4.98 Å². The van der Waals surface area contributed by atoms with Crippen LogP contribution in [0.2, 0.25) is 0 Å². The van der Waals surface area contributed by atoms with Gasteiger partial charge in [-0.3, -0.25) is 5.32 Å². The van der Waals surface area contributed by atoms with Crippen LogP contribution in [0.4, 0.5) is 22.2 Å². The molecule has 3 N–H and O–H groups in total. The van der Waals surface area contributed by atoms with Crippen LogP contribution in [0, 0.1) is 6.92 Å². The van der Waals surface area contributed by atoms with Crippen LogP contribution in [0.1, 0.15) is 23.2 Å². The zero-order chi connectivity index (χ0) is 18.5. The van der Waals surface area contributed by atoms with Gasteiger partial charge in [0.05, 0.1) is 0 Å². The van der Waals surface area contributed by atoms with Gasteiger partial charge < -0.3 is 15.5 Å². The van der Waals surface area contributed by atoms with Gasteiger partial charge in [-0.15, -0.1) is 0 Å². The second kappa shape index (κ2) is 8.14. The van der Waals surface area contributed by atoms with Crippen molar-refractivity contribution < 1.29 is 4.79 Å². The van der Waals surface area contributed by atoms with Gasteiger partial charge in [-0.05, 0) is 63.5 Å². The zero-order valence-electron chi connectivity index (χ0n) is 15.6. The standard InChI is InChI=1S/C19H26N6O/c1-13-11-17(20-9-10-25(2)3)23-18(21-13)24-19(26)22-16-8-7-14-5-4-6-15(14)12-16/h7-8,11-12H,4-6,9-10H2,1-3H3,(H3,20,21,22,23,24,26). The lowest BCUT2D eigenvalue weighted by molar-refractivity contribution is 0.262. The summed E-state index contributed by atoms with van der Waals surface area (Å²) in [7, 11) is 4.03. The molecule has 0 unspecified atom stereocenters. The number of aromatic nitrogens is 2. The summed E-state index contributed by atoms with van der Waals surface area (Å²) >= 11 is 0. The fourth-order valence-corrected chi connectivity index (χ4v) is 3.04. The molecular weight excluding hydrogens is 328 g/mol. The first kappa shape index (κ1) is 18.1. The van der Waals surface area contributed by atoms with Crippen LogP contribution < -0.4 is 16.0 Å². The lowest BCUT2D eigenvalue weighted by Crippen LogP contribution is -2.23. The quantitative estimate of drug-likeness (QED) is 0.743. The van der Waals surface area contributed by atoms with E-state index in [9.17, 15) is 4.79 Å². The van der Waals surface area contributed by atoms with Crippen LogP contribution >= 0.6 is 0 Å². The van der Waals surface area contributed by atoms with E-state index in [1.165, 1.54) is 17.5 Å². The molecule has 1 aromatic carbocycles. The number of likely N-dealkylation sites (N-methyl/N-ethyl adjacent to an activating group) is 1. The van der Waals surface area contributed by atoms with E-state index in [0.29, 0.717) is 5.82 Å². The van der Waals surface area contributed by atoms with Crippen LogP contribution in [0.5, 0.6) is 0 Å². The highest BCUT2D eigenvalue weighted by atomic mass is 16.2. The summed E-state index contributed by atoms with van der Waals surface area (Å²) < 4.78 is 0. The highest BCUT2D eigenvalue weighted by molar-refractivity contribution is 5.98. The minimum atomic E-state index is -0.340. The number of nitrogens with one attached hydrogen (secondary N) is 3. The van der Waals surface area contributed by atoms with Gasteiger partial charge in [0.2, 0.25) is 5.95 Å². The molecule has 0 radical (unpaired) electrons. The number of amides is 2. The van der Waals surface area contributed by atoms with Gasteiger partial charge in [0.15, 0.2) is 0 Å². The predicted octanol–water partition coefficient (Wildman–Crippen LogP) is 2.89. The molecule has 0 bridgehead atoms. The molecule has 0 saturated carbocycles. The average Bonchev–Trinajstić information content (AvgIpc) is 3.01. The van der Waals surface area contributed by atoms with Crippen molar-refractivity contribution in [3.8, 4) is 0 Å². The Labute approximate surface area is 154 Å². The highest BCUT2D eigenvalue weighted by Gasteiger charge is 2.12. The highest BCUT2D eigenvalue weighted by Crippen LogP contribution is 2.24. The molecule has 1 aliphatic carbocycles. The van der Waals surface area contributed by atoms with Crippen LogP contribution in [-0.2, 0) is 12.8 Å². The fraction of sp³-hybridized carbons (Fsp3) is 0.421. The van der Waals surface area contributed by atoms with E-state index in [0.717, 1.165) is 37.3 Å². The molecule has 7 nitrogen and oxygen atoms in total. The number of fused-ring (bicyclic) bond motifs is 1. The smallest absolute Gasteiger partial charge is 0.326 e. The Balaban J connectivity index is 1.60. The van der Waals surface area contributed by atoms with E-state index in [1.54, 1.807) is 0 Å². The normalized spacial score (nSPS) is 12.8. The van der Waals surface area contributed by atoms with Crippen molar-refractivity contribution in [2.24, 2.45) is 0 Å². The number of aryl methyl sites for hydroxylation is 3. The Bertz CT molecular complexity index is 790. The first-order chi connectivity index (χ1) is 12.5. The van der Waals surface area contributed by atoms with E-state index < -0.39 is 0 Å². The Morgan fingerprint density at radius 1 is 1.12 bits per heavy atom. The third kappa shape index (κ3) is 4.92. The van der Waals surface area contributed by atoms with Gasteiger partial charge in [0.1, 0.15) is 5.82 Å².